The molecule has 2 unspecified atom stereocenters. The van der Waals surface area contributed by atoms with E-state index in [9.17, 15) is 14.4 Å². The fourth-order valence-electron chi connectivity index (χ4n) is 3.89. The normalized spacial score (nSPS) is 12.7. The molecule has 2 aromatic carbocycles. The van der Waals surface area contributed by atoms with Crippen molar-refractivity contribution in [2.75, 3.05) is 19.0 Å². The van der Waals surface area contributed by atoms with Crippen LogP contribution in [0.5, 0.6) is 5.75 Å². The van der Waals surface area contributed by atoms with Crippen molar-refractivity contribution in [3.05, 3.63) is 59.7 Å². The standard InChI is InChI=1S/C29H41N3O5/c1-8-9-10-18-32(27(34)21(3)30-28(35)37-29(4,5)6)25(22-13-11-12-20(2)19-22)26(33)31-23-14-16-24(36-7)17-15-23/h11-17,19,21,25H,8-10,18H2,1-7H3,(H,30,35)(H,31,33). The Hall–Kier alpha value is -3.55. The van der Waals surface area contributed by atoms with Gasteiger partial charge in [-0.2, -0.15) is 0 Å². The van der Waals surface area contributed by atoms with E-state index < -0.39 is 23.8 Å². The van der Waals surface area contributed by atoms with Gasteiger partial charge in [-0.25, -0.2) is 4.79 Å². The van der Waals surface area contributed by atoms with Crippen molar-refractivity contribution in [1.29, 1.82) is 0 Å². The van der Waals surface area contributed by atoms with Crippen LogP contribution in [0.3, 0.4) is 0 Å². The maximum atomic E-state index is 13.7. The van der Waals surface area contributed by atoms with Crippen LogP contribution in [0.25, 0.3) is 0 Å². The molecular formula is C29H41N3O5. The van der Waals surface area contributed by atoms with E-state index in [0.29, 0.717) is 23.5 Å². The van der Waals surface area contributed by atoms with Crippen LogP contribution in [-0.2, 0) is 14.3 Å². The monoisotopic (exact) mass is 511 g/mol. The molecule has 202 valence electrons. The first kappa shape index (κ1) is 29.7. The largest absolute Gasteiger partial charge is 0.497 e. The number of nitrogens with one attached hydrogen (secondary N) is 2. The molecule has 0 heterocycles. The third-order valence-corrected chi connectivity index (χ3v) is 5.66. The van der Waals surface area contributed by atoms with E-state index in [1.807, 2.05) is 31.2 Å². The third kappa shape index (κ3) is 9.44. The Bertz CT molecular complexity index is 1050. The van der Waals surface area contributed by atoms with E-state index in [1.54, 1.807) is 64.0 Å². The van der Waals surface area contributed by atoms with Crippen LogP contribution in [0.4, 0.5) is 10.5 Å². The first-order valence-electron chi connectivity index (χ1n) is 12.8. The number of unbranched alkanes of at least 4 members (excludes halogenated alkanes) is 2. The minimum absolute atomic E-state index is 0.343. The highest BCUT2D eigenvalue weighted by atomic mass is 16.6. The molecule has 8 heteroatoms. The molecule has 2 rings (SSSR count). The summed E-state index contributed by atoms with van der Waals surface area (Å²) < 4.78 is 10.5. The van der Waals surface area contributed by atoms with Gasteiger partial charge in [0.05, 0.1) is 7.11 Å². The van der Waals surface area contributed by atoms with Gasteiger partial charge >= 0.3 is 6.09 Å². The van der Waals surface area contributed by atoms with Crippen LogP contribution in [-0.4, -0.2) is 48.1 Å². The lowest BCUT2D eigenvalue weighted by Crippen LogP contribution is -2.51. The summed E-state index contributed by atoms with van der Waals surface area (Å²) in [6, 6.07) is 12.8. The topological polar surface area (TPSA) is 97.0 Å². The van der Waals surface area contributed by atoms with Crippen LogP contribution in [0.15, 0.2) is 48.5 Å². The number of methoxy groups -OCH3 is 1. The molecular weight excluding hydrogens is 470 g/mol. The molecule has 0 saturated carbocycles. The second kappa shape index (κ2) is 13.7. The Morgan fingerprint density at radius 3 is 2.27 bits per heavy atom. The number of rotatable bonds is 11. The fraction of sp³-hybridized carbons (Fsp3) is 0.483. The first-order valence-corrected chi connectivity index (χ1v) is 12.8. The van der Waals surface area contributed by atoms with Crippen molar-refractivity contribution >= 4 is 23.6 Å². The van der Waals surface area contributed by atoms with E-state index in [2.05, 4.69) is 17.6 Å². The van der Waals surface area contributed by atoms with Crippen molar-refractivity contribution < 1.29 is 23.9 Å². The van der Waals surface area contributed by atoms with Gasteiger partial charge in [-0.1, -0.05) is 49.6 Å². The molecule has 0 aliphatic carbocycles. The fourth-order valence-corrected chi connectivity index (χ4v) is 3.89. The predicted molar refractivity (Wildman–Crippen MR) is 146 cm³/mol. The lowest BCUT2D eigenvalue weighted by molar-refractivity contribution is -0.140. The number of carbonyl (C=O) groups is 3. The maximum absolute atomic E-state index is 13.7. The molecule has 8 nitrogen and oxygen atoms in total. The summed E-state index contributed by atoms with van der Waals surface area (Å²) in [5.74, 6) is -0.0323. The van der Waals surface area contributed by atoms with Gasteiger partial charge in [0.25, 0.3) is 5.91 Å². The van der Waals surface area contributed by atoms with E-state index in [1.165, 1.54) is 0 Å². The van der Waals surface area contributed by atoms with Crippen molar-refractivity contribution in [2.24, 2.45) is 0 Å². The zero-order valence-electron chi connectivity index (χ0n) is 23.1. The molecule has 0 radical (unpaired) electrons. The van der Waals surface area contributed by atoms with Crippen LogP contribution in [0.1, 0.15) is 71.0 Å². The van der Waals surface area contributed by atoms with Crippen LogP contribution in [0.2, 0.25) is 0 Å². The summed E-state index contributed by atoms with van der Waals surface area (Å²) in [4.78, 5) is 41.4. The number of alkyl carbamates (subject to hydrolysis) is 1. The summed E-state index contributed by atoms with van der Waals surface area (Å²) >= 11 is 0. The summed E-state index contributed by atoms with van der Waals surface area (Å²) in [5.41, 5.74) is 1.56. The Balaban J connectivity index is 2.41. The minimum Gasteiger partial charge on any atom is -0.497 e. The number of amides is 3. The van der Waals surface area contributed by atoms with Crippen molar-refractivity contribution in [1.82, 2.24) is 10.2 Å². The number of nitrogens with zero attached hydrogens (tertiary/aromatic N) is 1. The highest BCUT2D eigenvalue weighted by Gasteiger charge is 2.34. The lowest BCUT2D eigenvalue weighted by atomic mass is 10.0. The summed E-state index contributed by atoms with van der Waals surface area (Å²) in [6.07, 6.45) is 1.90. The molecule has 0 spiro atoms. The lowest BCUT2D eigenvalue weighted by Gasteiger charge is -2.34. The average Bonchev–Trinajstić information content (AvgIpc) is 2.82. The summed E-state index contributed by atoms with van der Waals surface area (Å²) in [6.45, 7) is 11.3. The number of aryl methyl sites for hydroxylation is 1. The minimum atomic E-state index is -0.894. The molecule has 37 heavy (non-hydrogen) atoms. The van der Waals surface area contributed by atoms with E-state index >= 15 is 0 Å². The highest BCUT2D eigenvalue weighted by molar-refractivity contribution is 5.99. The second-order valence-electron chi connectivity index (χ2n) is 10.1. The number of hydrogen-bond acceptors (Lipinski definition) is 5. The number of hydrogen-bond donors (Lipinski definition) is 2. The molecule has 2 N–H and O–H groups in total. The summed E-state index contributed by atoms with van der Waals surface area (Å²) in [7, 11) is 1.58. The molecule has 0 saturated heterocycles. The molecule has 0 aromatic heterocycles. The van der Waals surface area contributed by atoms with Gasteiger partial charge in [-0.15, -0.1) is 0 Å². The quantitative estimate of drug-likeness (QED) is 0.382. The number of carbonyl (C=O) groups excluding carboxylic acids is 3. The molecule has 2 atom stereocenters. The number of ether oxygens (including phenoxy) is 2. The molecule has 0 fully saturated rings. The molecule has 0 aliphatic rings. The van der Waals surface area contributed by atoms with Gasteiger partial charge in [0.15, 0.2) is 0 Å². The first-order chi connectivity index (χ1) is 17.4. The van der Waals surface area contributed by atoms with Gasteiger partial charge in [0, 0.05) is 12.2 Å². The average molecular weight is 512 g/mol. The Labute approximate surface area is 220 Å². The van der Waals surface area contributed by atoms with Crippen molar-refractivity contribution in [3.8, 4) is 5.75 Å². The van der Waals surface area contributed by atoms with Crippen molar-refractivity contribution in [3.63, 3.8) is 0 Å². The Morgan fingerprint density at radius 2 is 1.70 bits per heavy atom. The number of anilines is 1. The SMILES string of the molecule is CCCCCN(C(=O)C(C)NC(=O)OC(C)(C)C)C(C(=O)Nc1ccc(OC)cc1)c1cccc(C)c1. The Morgan fingerprint density at radius 1 is 1.03 bits per heavy atom. The van der Waals surface area contributed by atoms with E-state index in [0.717, 1.165) is 24.8 Å². The van der Waals surface area contributed by atoms with Crippen LogP contribution >= 0.6 is 0 Å². The smallest absolute Gasteiger partial charge is 0.408 e. The van der Waals surface area contributed by atoms with E-state index in [4.69, 9.17) is 9.47 Å². The second-order valence-corrected chi connectivity index (χ2v) is 10.1. The van der Waals surface area contributed by atoms with Gasteiger partial charge in [-0.05, 0) is 70.9 Å². The zero-order chi connectivity index (χ0) is 27.6. The maximum Gasteiger partial charge on any atom is 0.408 e. The molecule has 0 aliphatic heterocycles. The summed E-state index contributed by atoms with van der Waals surface area (Å²) in [5, 5.41) is 5.58. The zero-order valence-corrected chi connectivity index (χ0v) is 23.1. The van der Waals surface area contributed by atoms with Gasteiger partial charge in [0.2, 0.25) is 5.91 Å². The molecule has 2 aromatic rings. The van der Waals surface area contributed by atoms with E-state index in [-0.39, 0.29) is 11.8 Å². The van der Waals surface area contributed by atoms with Crippen LogP contribution in [0, 0.1) is 6.92 Å². The van der Waals surface area contributed by atoms with Gasteiger partial charge < -0.3 is 25.0 Å². The number of benzene rings is 2. The molecule has 3 amide bonds. The molecule has 0 bridgehead atoms. The van der Waals surface area contributed by atoms with Crippen molar-refractivity contribution in [2.45, 2.75) is 78.5 Å². The third-order valence-electron chi connectivity index (χ3n) is 5.66. The predicted octanol–water partition coefficient (Wildman–Crippen LogP) is 5.62. The van der Waals surface area contributed by atoms with Gasteiger partial charge in [0.1, 0.15) is 23.4 Å². The Kier molecular flexibility index (Phi) is 11.0. The van der Waals surface area contributed by atoms with Gasteiger partial charge in [-0.3, -0.25) is 9.59 Å². The van der Waals surface area contributed by atoms with Crippen LogP contribution < -0.4 is 15.4 Å². The highest BCUT2D eigenvalue weighted by Crippen LogP contribution is 2.26.